The van der Waals surface area contributed by atoms with Crippen molar-refractivity contribution in [3.8, 4) is 0 Å². The number of carbonyl (C=O) groups excluding carboxylic acids is 7. The van der Waals surface area contributed by atoms with Crippen LogP contribution >= 0.6 is 7.14 Å². The van der Waals surface area contributed by atoms with Crippen LogP contribution in [-0.4, -0.2) is 61.2 Å². The maximum absolute atomic E-state index is 11.4. The molecule has 10 nitrogen and oxygen atoms in total. The molecule has 0 bridgehead atoms. The molecular formula is C30H55O10P. The van der Waals surface area contributed by atoms with Crippen molar-refractivity contribution in [3.05, 3.63) is 12.2 Å². The first-order valence-corrected chi connectivity index (χ1v) is 16.1. The van der Waals surface area contributed by atoms with Gasteiger partial charge in [-0.15, -0.1) is 0 Å². The van der Waals surface area contributed by atoms with Crippen LogP contribution in [0.3, 0.4) is 0 Å². The van der Waals surface area contributed by atoms with Crippen LogP contribution in [0.5, 0.6) is 0 Å². The smallest absolute Gasteiger partial charge is 0.373 e. The Morgan fingerprint density at radius 1 is 0.707 bits per heavy atom. The van der Waals surface area contributed by atoms with Gasteiger partial charge in [-0.3, -0.25) is 4.79 Å². The highest BCUT2D eigenvalue weighted by molar-refractivity contribution is 7.63. The number of hydrogen-bond donors (Lipinski definition) is 0. The summed E-state index contributed by atoms with van der Waals surface area (Å²) in [4.78, 5) is 65.2. The lowest BCUT2D eigenvalue weighted by Crippen LogP contribution is -2.25. The predicted octanol–water partition coefficient (Wildman–Crippen LogP) is 6.51. The van der Waals surface area contributed by atoms with E-state index in [1.807, 2.05) is 40.7 Å². The van der Waals surface area contributed by atoms with Gasteiger partial charge in [-0.2, -0.15) is 19.2 Å². The fraction of sp³-hybridized carbons (Fsp3) is 0.767. The van der Waals surface area contributed by atoms with E-state index in [4.69, 9.17) is 28.7 Å². The third-order valence-corrected chi connectivity index (χ3v) is 5.13. The number of esters is 2. The first-order valence-electron chi connectivity index (χ1n) is 13.3. The Morgan fingerprint density at radius 3 is 1.29 bits per heavy atom. The van der Waals surface area contributed by atoms with Crippen molar-refractivity contribution in [2.75, 3.05) is 19.5 Å². The molecule has 0 rings (SSSR count). The summed E-state index contributed by atoms with van der Waals surface area (Å²) in [7, 11) is -2.28. The van der Waals surface area contributed by atoms with Crippen molar-refractivity contribution in [1.82, 2.24) is 0 Å². The van der Waals surface area contributed by atoms with E-state index in [2.05, 4.69) is 27.7 Å². The number of ether oxygens (including phenoxy) is 2. The Balaban J connectivity index is -0.000000148. The summed E-state index contributed by atoms with van der Waals surface area (Å²) in [6.45, 7) is 26.6. The molecular weight excluding hydrogens is 551 g/mol. The quantitative estimate of drug-likeness (QED) is 0.123. The van der Waals surface area contributed by atoms with Gasteiger partial charge in [-0.25, -0.2) is 4.79 Å². The van der Waals surface area contributed by atoms with Crippen molar-refractivity contribution in [3.63, 3.8) is 0 Å². The second-order valence-electron chi connectivity index (χ2n) is 12.9. The molecule has 0 aliphatic rings. The Kier molecular flexibility index (Phi) is 28.1. The van der Waals surface area contributed by atoms with Gasteiger partial charge in [0.05, 0.1) is 13.3 Å². The second kappa shape index (κ2) is 24.0. The number of carbonyl (C=O) groups is 3. The van der Waals surface area contributed by atoms with Gasteiger partial charge in [-0.05, 0) is 73.1 Å². The van der Waals surface area contributed by atoms with E-state index in [1.54, 1.807) is 40.2 Å². The van der Waals surface area contributed by atoms with E-state index in [0.29, 0.717) is 0 Å². The van der Waals surface area contributed by atoms with Gasteiger partial charge < -0.3 is 18.8 Å². The lowest BCUT2D eigenvalue weighted by atomic mass is 9.88. The standard InChI is InChI=1S/C13H24O2.C8H17O3P.C7H14O.2CO2/c1-7-9-13(5,6)10-8-11(14)15-12(2,3)4;1-8(2,3)11-7(9)6-12(4,5)10;1-4-5-7(2,3)6-8;2*2-1-3/h8,10H,7,9H2,1-6H3;6H2,1-5H3;6H,4-5H2,1-3H3;;/b10-8+;;;;. The van der Waals surface area contributed by atoms with Gasteiger partial charge in [0.15, 0.2) is 0 Å². The highest BCUT2D eigenvalue weighted by Gasteiger charge is 2.21. The molecule has 0 spiro atoms. The molecule has 0 amide bonds. The number of rotatable bonds is 9. The number of allylic oxidation sites excluding steroid dienone is 1. The van der Waals surface area contributed by atoms with Crippen LogP contribution in [0.25, 0.3) is 0 Å². The fourth-order valence-corrected chi connectivity index (χ4v) is 3.43. The van der Waals surface area contributed by atoms with E-state index in [-0.39, 0.29) is 41.2 Å². The zero-order valence-corrected chi connectivity index (χ0v) is 28.7. The third-order valence-electron chi connectivity index (χ3n) is 4.11. The van der Waals surface area contributed by atoms with Gasteiger partial charge in [0.2, 0.25) is 0 Å². The molecule has 0 aromatic heterocycles. The molecule has 11 heteroatoms. The van der Waals surface area contributed by atoms with E-state index in [0.717, 1.165) is 32.0 Å². The summed E-state index contributed by atoms with van der Waals surface area (Å²) in [5, 5.41) is 0. The van der Waals surface area contributed by atoms with Crippen LogP contribution in [0, 0.1) is 10.8 Å². The molecule has 0 aromatic carbocycles. The maximum atomic E-state index is 11.4. The van der Waals surface area contributed by atoms with E-state index < -0.39 is 18.3 Å². The van der Waals surface area contributed by atoms with Crippen LogP contribution in [0.1, 0.15) is 109 Å². The van der Waals surface area contributed by atoms with Crippen LogP contribution < -0.4 is 0 Å². The zero-order valence-electron chi connectivity index (χ0n) is 27.8. The molecule has 240 valence electrons. The first kappa shape index (κ1) is 48.1. The Bertz CT molecular complexity index is 858. The van der Waals surface area contributed by atoms with Crippen molar-refractivity contribution >= 4 is 37.7 Å². The average Bonchev–Trinajstić information content (AvgIpc) is 2.70. The van der Waals surface area contributed by atoms with Crippen molar-refractivity contribution in [2.24, 2.45) is 10.8 Å². The molecule has 0 N–H and O–H groups in total. The SMILES string of the molecule is CC(C)(C)OC(=O)CP(C)(C)=O.CCCC(C)(C)/C=C/C(=O)OC(C)(C)C.CCCC(C)(C)C=O.O=C=O.O=C=O. The monoisotopic (exact) mass is 606 g/mol. The van der Waals surface area contributed by atoms with Crippen LogP contribution in [0.2, 0.25) is 0 Å². The Morgan fingerprint density at radius 2 is 1.05 bits per heavy atom. The fourth-order valence-electron chi connectivity index (χ4n) is 2.75. The number of hydrogen-bond acceptors (Lipinski definition) is 10. The van der Waals surface area contributed by atoms with E-state index in [1.165, 1.54) is 0 Å². The molecule has 0 atom stereocenters. The zero-order chi connectivity index (χ0) is 34.1. The lowest BCUT2D eigenvalue weighted by molar-refractivity contribution is -0.193. The molecule has 0 aromatic rings. The van der Waals surface area contributed by atoms with E-state index >= 15 is 0 Å². The molecule has 0 heterocycles. The van der Waals surface area contributed by atoms with Gasteiger partial charge in [-0.1, -0.05) is 60.5 Å². The van der Waals surface area contributed by atoms with Crippen molar-refractivity contribution in [1.29, 1.82) is 0 Å². The second-order valence-corrected chi connectivity index (χ2v) is 16.4. The largest absolute Gasteiger partial charge is 0.460 e. The first-order chi connectivity index (χ1) is 18.2. The van der Waals surface area contributed by atoms with E-state index in [9.17, 15) is 18.9 Å². The lowest BCUT2D eigenvalue weighted by Gasteiger charge is -2.20. The molecule has 0 radical (unpaired) electrons. The van der Waals surface area contributed by atoms with Crippen LogP contribution in [-0.2, 0) is 47.6 Å². The molecule has 0 fully saturated rings. The highest BCUT2D eigenvalue weighted by Crippen LogP contribution is 2.35. The minimum atomic E-state index is -2.28. The molecule has 0 saturated heterocycles. The summed E-state index contributed by atoms with van der Waals surface area (Å²) in [5.74, 6) is -0.637. The third kappa shape index (κ3) is 54.2. The average molecular weight is 607 g/mol. The molecule has 41 heavy (non-hydrogen) atoms. The molecule has 0 unspecified atom stereocenters. The highest BCUT2D eigenvalue weighted by atomic mass is 31.2. The minimum Gasteiger partial charge on any atom is -0.460 e. The molecule has 0 saturated carbocycles. The van der Waals surface area contributed by atoms with Gasteiger partial charge in [0.25, 0.3) is 0 Å². The summed E-state index contributed by atoms with van der Waals surface area (Å²) in [6, 6.07) is 0. The topological polar surface area (TPSA) is 155 Å². The maximum Gasteiger partial charge on any atom is 0.373 e. The van der Waals surface area contributed by atoms with Gasteiger partial charge in [0.1, 0.15) is 17.5 Å². The Hall–Kier alpha value is -2.66. The minimum absolute atomic E-state index is 0.0320. The molecule has 0 aliphatic carbocycles. The summed E-state index contributed by atoms with van der Waals surface area (Å²) < 4.78 is 21.4. The van der Waals surface area contributed by atoms with Crippen molar-refractivity contribution < 1.29 is 47.6 Å². The molecule has 0 aliphatic heterocycles. The summed E-state index contributed by atoms with van der Waals surface area (Å²) >= 11 is 0. The predicted molar refractivity (Wildman–Crippen MR) is 159 cm³/mol. The van der Waals surface area contributed by atoms with Gasteiger partial charge >= 0.3 is 24.2 Å². The van der Waals surface area contributed by atoms with Crippen molar-refractivity contribution in [2.45, 2.75) is 120 Å². The van der Waals surface area contributed by atoms with Crippen LogP contribution in [0.4, 0.5) is 0 Å². The summed E-state index contributed by atoms with van der Waals surface area (Å²) in [6.07, 6.45) is 9.31. The number of aldehydes is 1. The normalized spacial score (nSPS) is 11.2. The summed E-state index contributed by atoms with van der Waals surface area (Å²) in [5.41, 5.74) is -0.900. The van der Waals surface area contributed by atoms with Crippen LogP contribution in [0.15, 0.2) is 12.2 Å². The Labute approximate surface area is 247 Å². The van der Waals surface area contributed by atoms with Gasteiger partial charge in [0, 0.05) is 11.5 Å².